The molecule has 0 radical (unpaired) electrons. The minimum Gasteiger partial charge on any atom is -0.310 e. The number of fused-ring (bicyclic) bond motifs is 7. The van der Waals surface area contributed by atoms with Crippen LogP contribution < -0.4 is 4.90 Å². The highest BCUT2D eigenvalue weighted by Crippen LogP contribution is 2.46. The van der Waals surface area contributed by atoms with Gasteiger partial charge in [0.15, 0.2) is 0 Å². The predicted molar refractivity (Wildman–Crippen MR) is 288 cm³/mol. The number of nitrogens with zero attached hydrogens (tertiary/aromatic N) is 2. The summed E-state index contributed by atoms with van der Waals surface area (Å²) in [4.78, 5) is 2.45. The van der Waals surface area contributed by atoms with Gasteiger partial charge in [-0.15, -0.1) is 11.3 Å². The Morgan fingerprint density at radius 1 is 0.313 bits per heavy atom. The van der Waals surface area contributed by atoms with Crippen molar-refractivity contribution in [2.24, 2.45) is 0 Å². The zero-order chi connectivity index (χ0) is 44.3. The highest BCUT2D eigenvalue weighted by atomic mass is 32.1. The van der Waals surface area contributed by atoms with Gasteiger partial charge in [-0.25, -0.2) is 0 Å². The molecule has 0 N–H and O–H groups in total. The Hall–Kier alpha value is -8.50. The van der Waals surface area contributed by atoms with E-state index < -0.39 is 0 Å². The van der Waals surface area contributed by atoms with E-state index >= 15 is 0 Å². The van der Waals surface area contributed by atoms with Crippen LogP contribution >= 0.6 is 11.3 Å². The van der Waals surface area contributed by atoms with Crippen LogP contribution in [0.2, 0.25) is 0 Å². The van der Waals surface area contributed by atoms with E-state index in [1.54, 1.807) is 0 Å². The van der Waals surface area contributed by atoms with Gasteiger partial charge >= 0.3 is 0 Å². The summed E-state index contributed by atoms with van der Waals surface area (Å²) in [6.45, 7) is 0. The van der Waals surface area contributed by atoms with Gasteiger partial charge < -0.3 is 9.47 Å². The molecule has 2 aromatic heterocycles. The summed E-state index contributed by atoms with van der Waals surface area (Å²) in [5.41, 5.74) is 16.3. The van der Waals surface area contributed by atoms with Crippen molar-refractivity contribution in [2.45, 2.75) is 0 Å². The van der Waals surface area contributed by atoms with E-state index in [0.717, 1.165) is 39.4 Å². The molecule has 0 aliphatic heterocycles. The molecule has 0 spiro atoms. The van der Waals surface area contributed by atoms with Crippen LogP contribution in [0, 0.1) is 0 Å². The van der Waals surface area contributed by atoms with Gasteiger partial charge in [0.05, 0.1) is 22.4 Å². The average molecular weight is 871 g/mol. The summed E-state index contributed by atoms with van der Waals surface area (Å²) in [5.74, 6) is 0. The van der Waals surface area contributed by atoms with Crippen LogP contribution in [0.15, 0.2) is 255 Å². The van der Waals surface area contributed by atoms with Crippen LogP contribution in [0.5, 0.6) is 0 Å². The zero-order valence-corrected chi connectivity index (χ0v) is 37.4. The van der Waals surface area contributed by atoms with E-state index in [0.29, 0.717) is 0 Å². The summed E-state index contributed by atoms with van der Waals surface area (Å²) in [6.07, 6.45) is 0. The first-order chi connectivity index (χ1) is 33.2. The van der Waals surface area contributed by atoms with Gasteiger partial charge in [-0.1, -0.05) is 200 Å². The number of anilines is 3. The fraction of sp³-hybridized carbons (Fsp3) is 0. The third kappa shape index (κ3) is 6.63. The lowest BCUT2D eigenvalue weighted by Gasteiger charge is -2.29. The number of para-hydroxylation sites is 3. The second kappa shape index (κ2) is 16.2. The molecule has 13 aromatic rings. The normalized spacial score (nSPS) is 11.6. The molecule has 314 valence electrons. The summed E-state index contributed by atoms with van der Waals surface area (Å²) in [5, 5.41) is 7.59. The van der Waals surface area contributed by atoms with Gasteiger partial charge in [0.1, 0.15) is 0 Å². The SMILES string of the molecule is c1ccc(-c2ccc(-c3cccc4ccccc34)cc2N(c2ccc(-c3ccccc3-n3c4ccccc4c4ccccc43)cc2)c2ccc(-c3cccc4c3sc3ccccc34)cc2)cc1. The van der Waals surface area contributed by atoms with E-state index in [-0.39, 0.29) is 0 Å². The number of thiophene rings is 1. The lowest BCUT2D eigenvalue weighted by Crippen LogP contribution is -2.11. The maximum Gasteiger partial charge on any atom is 0.0546 e. The maximum absolute atomic E-state index is 2.45. The Morgan fingerprint density at radius 2 is 0.821 bits per heavy atom. The van der Waals surface area contributed by atoms with Crippen molar-refractivity contribution >= 4 is 81.1 Å². The largest absolute Gasteiger partial charge is 0.310 e. The molecule has 2 nitrogen and oxygen atoms in total. The molecule has 0 saturated heterocycles. The standard InChI is InChI=1S/C64H42N2S/c1-2-16-44(17-3-1)53-41-36-47(51-25-14-19-43-18-4-5-20-50(43)51)42-62(53)65(49-39-34-46(35-40-49)54-26-15-27-58-57-24-9-13-31-63(57)67-64(54)58)48-37-32-45(33-38-48)52-21-6-10-28-59(52)66-60-29-11-7-22-55(60)56-23-8-12-30-61(56)66/h1-42H. The topological polar surface area (TPSA) is 8.17 Å². The maximum atomic E-state index is 2.45. The number of rotatable bonds is 8. The van der Waals surface area contributed by atoms with Crippen LogP contribution in [-0.2, 0) is 0 Å². The van der Waals surface area contributed by atoms with Gasteiger partial charge in [-0.3, -0.25) is 0 Å². The van der Waals surface area contributed by atoms with E-state index in [4.69, 9.17) is 0 Å². The number of benzene rings is 11. The van der Waals surface area contributed by atoms with Crippen LogP contribution in [0.25, 0.3) is 103 Å². The average Bonchev–Trinajstić information content (AvgIpc) is 3.95. The van der Waals surface area contributed by atoms with Crippen molar-refractivity contribution in [3.63, 3.8) is 0 Å². The Balaban J connectivity index is 0.992. The molecule has 0 atom stereocenters. The molecule has 0 aliphatic rings. The molecule has 0 bridgehead atoms. The van der Waals surface area contributed by atoms with Crippen molar-refractivity contribution in [1.29, 1.82) is 0 Å². The highest BCUT2D eigenvalue weighted by Gasteiger charge is 2.21. The van der Waals surface area contributed by atoms with Crippen molar-refractivity contribution < 1.29 is 0 Å². The van der Waals surface area contributed by atoms with Gasteiger partial charge in [-0.05, 0) is 98.8 Å². The molecule has 0 saturated carbocycles. The summed E-state index contributed by atoms with van der Waals surface area (Å²) in [6, 6.07) is 93.2. The Kier molecular flexibility index (Phi) is 9.40. The molecule has 2 heterocycles. The molecule has 0 aliphatic carbocycles. The lowest BCUT2D eigenvalue weighted by molar-refractivity contribution is 1.18. The van der Waals surface area contributed by atoms with E-state index in [1.165, 1.54) is 80.6 Å². The van der Waals surface area contributed by atoms with Crippen LogP contribution in [0.4, 0.5) is 17.1 Å². The molecule has 13 rings (SSSR count). The predicted octanol–water partition coefficient (Wildman–Crippen LogP) is 18.4. The lowest BCUT2D eigenvalue weighted by atomic mass is 9.94. The van der Waals surface area contributed by atoms with Gasteiger partial charge in [0.25, 0.3) is 0 Å². The van der Waals surface area contributed by atoms with Gasteiger partial charge in [0.2, 0.25) is 0 Å². The second-order valence-corrected chi connectivity index (χ2v) is 18.3. The molecule has 67 heavy (non-hydrogen) atoms. The molecule has 3 heteroatoms. The van der Waals surface area contributed by atoms with E-state index in [1.807, 2.05) is 11.3 Å². The van der Waals surface area contributed by atoms with Crippen molar-refractivity contribution in [1.82, 2.24) is 4.57 Å². The van der Waals surface area contributed by atoms with Crippen molar-refractivity contribution in [3.8, 4) is 50.2 Å². The first-order valence-electron chi connectivity index (χ1n) is 22.9. The summed E-state index contributed by atoms with van der Waals surface area (Å²) in [7, 11) is 0. The molecular formula is C64H42N2S. The Labute approximate surface area is 393 Å². The fourth-order valence-electron chi connectivity index (χ4n) is 10.3. The zero-order valence-electron chi connectivity index (χ0n) is 36.6. The van der Waals surface area contributed by atoms with Crippen LogP contribution in [0.1, 0.15) is 0 Å². The van der Waals surface area contributed by atoms with Crippen molar-refractivity contribution in [3.05, 3.63) is 255 Å². The smallest absolute Gasteiger partial charge is 0.0546 e. The van der Waals surface area contributed by atoms with E-state index in [9.17, 15) is 0 Å². The number of hydrogen-bond acceptors (Lipinski definition) is 2. The first-order valence-corrected chi connectivity index (χ1v) is 23.7. The van der Waals surface area contributed by atoms with Gasteiger partial charge in [0, 0.05) is 53.4 Å². The number of aromatic nitrogens is 1. The second-order valence-electron chi connectivity index (χ2n) is 17.2. The van der Waals surface area contributed by atoms with E-state index in [2.05, 4.69) is 264 Å². The molecular weight excluding hydrogens is 829 g/mol. The quantitative estimate of drug-likeness (QED) is 0.148. The fourth-order valence-corrected chi connectivity index (χ4v) is 11.5. The minimum atomic E-state index is 1.07. The Bertz CT molecular complexity index is 3910. The third-order valence-corrected chi connectivity index (χ3v) is 14.6. The number of hydrogen-bond donors (Lipinski definition) is 0. The van der Waals surface area contributed by atoms with Gasteiger partial charge in [-0.2, -0.15) is 0 Å². The Morgan fingerprint density at radius 3 is 1.57 bits per heavy atom. The van der Waals surface area contributed by atoms with Crippen LogP contribution in [-0.4, -0.2) is 4.57 Å². The van der Waals surface area contributed by atoms with Crippen LogP contribution in [0.3, 0.4) is 0 Å². The highest BCUT2D eigenvalue weighted by molar-refractivity contribution is 7.26. The third-order valence-electron chi connectivity index (χ3n) is 13.4. The monoisotopic (exact) mass is 870 g/mol. The summed E-state index contributed by atoms with van der Waals surface area (Å²) >= 11 is 1.88. The van der Waals surface area contributed by atoms with Crippen molar-refractivity contribution in [2.75, 3.05) is 4.90 Å². The molecule has 0 unspecified atom stereocenters. The first kappa shape index (κ1) is 38.9. The molecule has 0 amide bonds. The molecule has 11 aromatic carbocycles. The molecule has 0 fully saturated rings. The minimum absolute atomic E-state index is 1.07. The summed E-state index contributed by atoms with van der Waals surface area (Å²) < 4.78 is 5.05.